The van der Waals surface area contributed by atoms with Crippen molar-refractivity contribution in [1.29, 1.82) is 0 Å². The molecule has 2 atom stereocenters. The standard InChI is InChI=1S/C12H15Br2N/c1-8-3-2-4-11(8)15-12-6-5-9(13)7-10(12)14/h5-8,11,15H,2-4H2,1H3. The zero-order valence-electron chi connectivity index (χ0n) is 8.76. The molecular formula is C12H15Br2N. The van der Waals surface area contributed by atoms with Crippen LogP contribution in [0.2, 0.25) is 0 Å². The summed E-state index contributed by atoms with van der Waals surface area (Å²) in [6.07, 6.45) is 4.00. The summed E-state index contributed by atoms with van der Waals surface area (Å²) < 4.78 is 2.25. The van der Waals surface area contributed by atoms with Crippen LogP contribution in [0.15, 0.2) is 27.1 Å². The third-order valence-corrected chi connectivity index (χ3v) is 4.28. The van der Waals surface area contributed by atoms with E-state index in [1.807, 2.05) is 0 Å². The Kier molecular flexibility index (Phi) is 3.73. The van der Waals surface area contributed by atoms with Crippen LogP contribution in [0.1, 0.15) is 26.2 Å². The van der Waals surface area contributed by atoms with Crippen molar-refractivity contribution in [1.82, 2.24) is 0 Å². The van der Waals surface area contributed by atoms with Gasteiger partial charge in [0.2, 0.25) is 0 Å². The van der Waals surface area contributed by atoms with E-state index in [0.717, 1.165) is 14.9 Å². The van der Waals surface area contributed by atoms with E-state index in [0.29, 0.717) is 6.04 Å². The lowest BCUT2D eigenvalue weighted by Gasteiger charge is -2.19. The Labute approximate surface area is 108 Å². The van der Waals surface area contributed by atoms with Gasteiger partial charge in [0.25, 0.3) is 0 Å². The van der Waals surface area contributed by atoms with Crippen LogP contribution in [0.25, 0.3) is 0 Å². The molecule has 82 valence electrons. The lowest BCUT2D eigenvalue weighted by molar-refractivity contribution is 0.556. The topological polar surface area (TPSA) is 12.0 Å². The van der Waals surface area contributed by atoms with Crippen molar-refractivity contribution >= 4 is 37.5 Å². The van der Waals surface area contributed by atoms with Crippen LogP contribution in [0.3, 0.4) is 0 Å². The van der Waals surface area contributed by atoms with Gasteiger partial charge in [0.05, 0.1) is 0 Å². The molecule has 1 saturated carbocycles. The molecule has 0 bridgehead atoms. The van der Waals surface area contributed by atoms with E-state index in [1.54, 1.807) is 0 Å². The van der Waals surface area contributed by atoms with E-state index in [1.165, 1.54) is 24.9 Å². The van der Waals surface area contributed by atoms with Gasteiger partial charge in [0, 0.05) is 20.7 Å². The van der Waals surface area contributed by atoms with Gasteiger partial charge in [0.1, 0.15) is 0 Å². The molecule has 0 radical (unpaired) electrons. The lowest BCUT2D eigenvalue weighted by Crippen LogP contribution is -2.21. The highest BCUT2D eigenvalue weighted by atomic mass is 79.9. The summed E-state index contributed by atoms with van der Waals surface area (Å²) in [6.45, 7) is 2.33. The van der Waals surface area contributed by atoms with Crippen molar-refractivity contribution in [2.45, 2.75) is 32.2 Å². The molecule has 0 amide bonds. The third kappa shape index (κ3) is 2.76. The third-order valence-electron chi connectivity index (χ3n) is 3.13. The molecule has 0 aliphatic heterocycles. The van der Waals surface area contributed by atoms with Crippen LogP contribution in [0.4, 0.5) is 5.69 Å². The van der Waals surface area contributed by atoms with Crippen LogP contribution in [-0.4, -0.2) is 6.04 Å². The predicted octanol–water partition coefficient (Wildman–Crippen LogP) is 4.81. The summed E-state index contributed by atoms with van der Waals surface area (Å²) in [5.41, 5.74) is 1.21. The minimum absolute atomic E-state index is 0.641. The van der Waals surface area contributed by atoms with E-state index >= 15 is 0 Å². The minimum atomic E-state index is 0.641. The van der Waals surface area contributed by atoms with Gasteiger partial charge in [-0.2, -0.15) is 0 Å². The highest BCUT2D eigenvalue weighted by Crippen LogP contribution is 2.32. The summed E-state index contributed by atoms with van der Waals surface area (Å²) in [5.74, 6) is 0.792. The van der Waals surface area contributed by atoms with Gasteiger partial charge < -0.3 is 5.32 Å². The maximum Gasteiger partial charge on any atom is 0.0487 e. The van der Waals surface area contributed by atoms with Gasteiger partial charge in [-0.25, -0.2) is 0 Å². The van der Waals surface area contributed by atoms with Crippen LogP contribution >= 0.6 is 31.9 Å². The summed E-state index contributed by atoms with van der Waals surface area (Å²) in [4.78, 5) is 0. The summed E-state index contributed by atoms with van der Waals surface area (Å²) in [7, 11) is 0. The number of hydrogen-bond acceptors (Lipinski definition) is 1. The van der Waals surface area contributed by atoms with Crippen molar-refractivity contribution < 1.29 is 0 Å². The first-order valence-electron chi connectivity index (χ1n) is 5.38. The monoisotopic (exact) mass is 331 g/mol. The Morgan fingerprint density at radius 2 is 2.07 bits per heavy atom. The molecule has 2 unspecified atom stereocenters. The number of hydrogen-bond donors (Lipinski definition) is 1. The molecule has 0 heterocycles. The van der Waals surface area contributed by atoms with E-state index in [-0.39, 0.29) is 0 Å². The van der Waals surface area contributed by atoms with Gasteiger partial charge in [-0.1, -0.05) is 29.3 Å². The van der Waals surface area contributed by atoms with Crippen molar-refractivity contribution in [3.63, 3.8) is 0 Å². The quantitative estimate of drug-likeness (QED) is 0.819. The van der Waals surface area contributed by atoms with Gasteiger partial charge in [-0.05, 0) is 52.9 Å². The molecule has 15 heavy (non-hydrogen) atoms. The maximum absolute atomic E-state index is 3.62. The average Bonchev–Trinajstić information content (AvgIpc) is 2.57. The van der Waals surface area contributed by atoms with Crippen molar-refractivity contribution in [2.75, 3.05) is 5.32 Å². The summed E-state index contributed by atoms with van der Waals surface area (Å²) in [5, 5.41) is 3.62. The van der Waals surface area contributed by atoms with Gasteiger partial charge in [0.15, 0.2) is 0 Å². The number of rotatable bonds is 2. The molecule has 1 aromatic rings. The normalized spacial score (nSPS) is 25.5. The van der Waals surface area contributed by atoms with Gasteiger partial charge in [-0.15, -0.1) is 0 Å². The molecule has 2 rings (SSSR count). The lowest BCUT2D eigenvalue weighted by atomic mass is 10.1. The van der Waals surface area contributed by atoms with Crippen LogP contribution in [-0.2, 0) is 0 Å². The fourth-order valence-electron chi connectivity index (χ4n) is 2.17. The van der Waals surface area contributed by atoms with Crippen LogP contribution in [0.5, 0.6) is 0 Å². The number of nitrogens with one attached hydrogen (secondary N) is 1. The fraction of sp³-hybridized carbons (Fsp3) is 0.500. The highest BCUT2D eigenvalue weighted by Gasteiger charge is 2.23. The Balaban J connectivity index is 2.10. The second-order valence-electron chi connectivity index (χ2n) is 4.28. The molecule has 0 aromatic heterocycles. The molecule has 3 heteroatoms. The van der Waals surface area contributed by atoms with E-state index in [2.05, 4.69) is 62.3 Å². The maximum atomic E-state index is 3.62. The molecule has 0 spiro atoms. The van der Waals surface area contributed by atoms with Crippen LogP contribution in [0, 0.1) is 5.92 Å². The van der Waals surface area contributed by atoms with E-state index in [4.69, 9.17) is 0 Å². The van der Waals surface area contributed by atoms with E-state index in [9.17, 15) is 0 Å². The van der Waals surface area contributed by atoms with Crippen molar-refractivity contribution in [3.05, 3.63) is 27.1 Å². The second-order valence-corrected chi connectivity index (χ2v) is 6.05. The number of benzene rings is 1. The molecule has 1 aliphatic carbocycles. The Hall–Kier alpha value is -0.0200. The number of anilines is 1. The SMILES string of the molecule is CC1CCCC1Nc1ccc(Br)cc1Br. The molecule has 1 nitrogen and oxygen atoms in total. The number of halogens is 2. The fourth-order valence-corrected chi connectivity index (χ4v) is 3.33. The molecule has 1 N–H and O–H groups in total. The first-order chi connectivity index (χ1) is 7.16. The van der Waals surface area contributed by atoms with Crippen LogP contribution < -0.4 is 5.32 Å². The van der Waals surface area contributed by atoms with Crippen molar-refractivity contribution in [2.24, 2.45) is 5.92 Å². The van der Waals surface area contributed by atoms with E-state index < -0.39 is 0 Å². The molecule has 1 fully saturated rings. The first kappa shape index (κ1) is 11.5. The van der Waals surface area contributed by atoms with Crippen molar-refractivity contribution in [3.8, 4) is 0 Å². The Bertz CT molecular complexity index is 351. The first-order valence-corrected chi connectivity index (χ1v) is 6.97. The summed E-state index contributed by atoms with van der Waals surface area (Å²) in [6, 6.07) is 6.93. The smallest absolute Gasteiger partial charge is 0.0487 e. The zero-order valence-corrected chi connectivity index (χ0v) is 11.9. The molecule has 1 aromatic carbocycles. The predicted molar refractivity (Wildman–Crippen MR) is 72.3 cm³/mol. The molecule has 1 aliphatic rings. The highest BCUT2D eigenvalue weighted by molar-refractivity contribution is 9.11. The second kappa shape index (κ2) is 4.88. The zero-order chi connectivity index (χ0) is 10.8. The minimum Gasteiger partial charge on any atom is -0.381 e. The Morgan fingerprint density at radius 1 is 1.27 bits per heavy atom. The largest absolute Gasteiger partial charge is 0.381 e. The molecular weight excluding hydrogens is 318 g/mol. The van der Waals surface area contributed by atoms with Gasteiger partial charge in [-0.3, -0.25) is 0 Å². The molecule has 0 saturated heterocycles. The summed E-state index contributed by atoms with van der Waals surface area (Å²) >= 11 is 7.04. The van der Waals surface area contributed by atoms with Gasteiger partial charge >= 0.3 is 0 Å². The Morgan fingerprint density at radius 3 is 2.67 bits per heavy atom. The average molecular weight is 333 g/mol.